The van der Waals surface area contributed by atoms with E-state index >= 15 is 0 Å². The zero-order chi connectivity index (χ0) is 13.2. The summed E-state index contributed by atoms with van der Waals surface area (Å²) in [5.74, 6) is 2.04. The Labute approximate surface area is 120 Å². The van der Waals surface area contributed by atoms with Crippen LogP contribution >= 0.6 is 15.9 Å². The summed E-state index contributed by atoms with van der Waals surface area (Å²) in [6.45, 7) is 3.51. The summed E-state index contributed by atoms with van der Waals surface area (Å²) in [4.78, 5) is 0.0980. The van der Waals surface area contributed by atoms with Crippen LogP contribution < -0.4 is 9.47 Å². The number of alkyl halides is 1. The highest BCUT2D eigenvalue weighted by atomic mass is 79.9. The topological polar surface area (TPSA) is 31.6 Å². The van der Waals surface area contributed by atoms with Gasteiger partial charge in [-0.3, -0.25) is 0 Å². The van der Waals surface area contributed by atoms with E-state index in [1.54, 1.807) is 12.5 Å². The van der Waals surface area contributed by atoms with Gasteiger partial charge in [-0.15, -0.1) is 0 Å². The van der Waals surface area contributed by atoms with Crippen LogP contribution in [0.15, 0.2) is 41.2 Å². The molecule has 0 saturated carbocycles. The van der Waals surface area contributed by atoms with Crippen molar-refractivity contribution in [1.29, 1.82) is 0 Å². The van der Waals surface area contributed by atoms with Crippen LogP contribution in [-0.4, -0.2) is 13.2 Å². The normalized spacial score (nSPS) is 19.8. The molecule has 0 bridgehead atoms. The second-order valence-electron chi connectivity index (χ2n) is 4.85. The second kappa shape index (κ2) is 5.29. The fraction of sp³-hybridized carbons (Fsp3) is 0.333. The molecule has 1 aromatic heterocycles. The number of furan rings is 1. The minimum atomic E-state index is 0.0980. The number of hydrogen-bond acceptors (Lipinski definition) is 3. The molecule has 0 N–H and O–H groups in total. The van der Waals surface area contributed by atoms with Crippen molar-refractivity contribution < 1.29 is 13.9 Å². The van der Waals surface area contributed by atoms with E-state index in [1.807, 2.05) is 24.3 Å². The molecule has 3 rings (SSSR count). The molecule has 2 aromatic rings. The Kier molecular flexibility index (Phi) is 3.51. The summed E-state index contributed by atoms with van der Waals surface area (Å²) in [7, 11) is 0. The Morgan fingerprint density at radius 1 is 1.11 bits per heavy atom. The van der Waals surface area contributed by atoms with Crippen molar-refractivity contribution in [2.45, 2.75) is 11.8 Å². The molecule has 2 heterocycles. The van der Waals surface area contributed by atoms with Gasteiger partial charge in [-0.1, -0.05) is 28.9 Å². The Morgan fingerprint density at radius 3 is 2.63 bits per heavy atom. The Balaban J connectivity index is 1.89. The highest BCUT2D eigenvalue weighted by Crippen LogP contribution is 2.37. The summed E-state index contributed by atoms with van der Waals surface area (Å²) in [5.41, 5.74) is 2.21. The van der Waals surface area contributed by atoms with Crippen LogP contribution in [0.1, 0.15) is 22.9 Å². The first-order valence-electron chi connectivity index (χ1n) is 6.30. The van der Waals surface area contributed by atoms with E-state index in [0.717, 1.165) is 22.6 Å². The first-order chi connectivity index (χ1) is 9.24. The predicted molar refractivity (Wildman–Crippen MR) is 76.1 cm³/mol. The maximum atomic E-state index is 5.80. The summed E-state index contributed by atoms with van der Waals surface area (Å²) >= 11 is 3.68. The van der Waals surface area contributed by atoms with Crippen molar-refractivity contribution in [3.63, 3.8) is 0 Å². The van der Waals surface area contributed by atoms with E-state index in [0.29, 0.717) is 19.1 Å². The van der Waals surface area contributed by atoms with Crippen LogP contribution in [-0.2, 0) is 0 Å². The van der Waals surface area contributed by atoms with Crippen LogP contribution in [0.25, 0.3) is 0 Å². The molecule has 1 aliphatic rings. The largest absolute Gasteiger partial charge is 0.489 e. The monoisotopic (exact) mass is 322 g/mol. The molecule has 0 spiro atoms. The van der Waals surface area contributed by atoms with Gasteiger partial charge in [0.05, 0.1) is 30.6 Å². The van der Waals surface area contributed by atoms with Gasteiger partial charge >= 0.3 is 0 Å². The number of fused-ring (bicyclic) bond motifs is 1. The molecule has 3 nitrogen and oxygen atoms in total. The molecule has 2 unspecified atom stereocenters. The number of hydrogen-bond donors (Lipinski definition) is 0. The average molecular weight is 323 g/mol. The van der Waals surface area contributed by atoms with Crippen LogP contribution in [0.2, 0.25) is 0 Å². The highest BCUT2D eigenvalue weighted by molar-refractivity contribution is 9.09. The Hall–Kier alpha value is -1.42. The lowest BCUT2D eigenvalue weighted by Crippen LogP contribution is -2.12. The van der Waals surface area contributed by atoms with Crippen LogP contribution in [0.5, 0.6) is 11.5 Å². The van der Waals surface area contributed by atoms with Crippen LogP contribution in [0.4, 0.5) is 0 Å². The van der Waals surface area contributed by atoms with Gasteiger partial charge in [0.25, 0.3) is 0 Å². The van der Waals surface area contributed by atoms with Crippen molar-refractivity contribution in [2.75, 3.05) is 13.2 Å². The van der Waals surface area contributed by atoms with Gasteiger partial charge in [0, 0.05) is 11.5 Å². The lowest BCUT2D eigenvalue weighted by molar-refractivity contribution is 0.228. The molecule has 0 saturated heterocycles. The highest BCUT2D eigenvalue weighted by Gasteiger charge is 2.18. The van der Waals surface area contributed by atoms with Crippen molar-refractivity contribution in [2.24, 2.45) is 5.92 Å². The van der Waals surface area contributed by atoms with E-state index in [9.17, 15) is 0 Å². The van der Waals surface area contributed by atoms with E-state index < -0.39 is 0 Å². The van der Waals surface area contributed by atoms with Crippen molar-refractivity contribution in [1.82, 2.24) is 0 Å². The van der Waals surface area contributed by atoms with E-state index in [-0.39, 0.29) is 4.83 Å². The van der Waals surface area contributed by atoms with Gasteiger partial charge in [-0.25, -0.2) is 0 Å². The van der Waals surface area contributed by atoms with Crippen molar-refractivity contribution in [3.05, 3.63) is 47.9 Å². The van der Waals surface area contributed by atoms with E-state index in [4.69, 9.17) is 13.9 Å². The van der Waals surface area contributed by atoms with Crippen molar-refractivity contribution >= 4 is 15.9 Å². The van der Waals surface area contributed by atoms with Gasteiger partial charge in [0.15, 0.2) is 11.5 Å². The van der Waals surface area contributed by atoms with Crippen LogP contribution in [0, 0.1) is 5.92 Å². The van der Waals surface area contributed by atoms with Gasteiger partial charge in [0.1, 0.15) is 0 Å². The van der Waals surface area contributed by atoms with Gasteiger partial charge in [-0.05, 0) is 23.8 Å². The Bertz CT molecular complexity index is 551. The smallest absolute Gasteiger partial charge is 0.161 e. The Morgan fingerprint density at radius 2 is 1.89 bits per heavy atom. The van der Waals surface area contributed by atoms with Gasteiger partial charge < -0.3 is 13.9 Å². The lowest BCUT2D eigenvalue weighted by Gasteiger charge is -2.12. The number of ether oxygens (including phenoxy) is 2. The maximum absolute atomic E-state index is 5.80. The molecule has 0 aliphatic carbocycles. The molecular formula is C15H15BrO3. The number of rotatable bonds is 2. The van der Waals surface area contributed by atoms with Crippen molar-refractivity contribution in [3.8, 4) is 11.5 Å². The molecule has 0 radical (unpaired) electrons. The molecule has 4 heteroatoms. The quantitative estimate of drug-likeness (QED) is 0.777. The summed E-state index contributed by atoms with van der Waals surface area (Å²) in [5, 5.41) is 0. The fourth-order valence-electron chi connectivity index (χ4n) is 2.04. The predicted octanol–water partition coefficient (Wildman–Crippen LogP) is 4.17. The molecule has 0 fully saturated rings. The van der Waals surface area contributed by atoms with Gasteiger partial charge in [-0.2, -0.15) is 0 Å². The molecule has 100 valence electrons. The molecule has 1 aliphatic heterocycles. The van der Waals surface area contributed by atoms with E-state index in [1.165, 1.54) is 0 Å². The second-order valence-corrected chi connectivity index (χ2v) is 5.77. The third-order valence-corrected chi connectivity index (χ3v) is 4.20. The van der Waals surface area contributed by atoms with E-state index in [2.05, 4.69) is 22.9 Å². The SMILES string of the molecule is CC1COc2ccc(C(Br)c3ccoc3)cc2OC1. The zero-order valence-corrected chi connectivity index (χ0v) is 12.2. The average Bonchev–Trinajstić information content (AvgIpc) is 2.90. The standard InChI is InChI=1S/C15H15BrO3/c1-10-7-18-13-3-2-11(6-14(13)19-8-10)15(16)12-4-5-17-9-12/h2-6,9-10,15H,7-8H2,1H3. The third kappa shape index (κ3) is 2.63. The minimum Gasteiger partial charge on any atom is -0.489 e. The fourth-order valence-corrected chi connectivity index (χ4v) is 2.58. The zero-order valence-electron chi connectivity index (χ0n) is 10.6. The first kappa shape index (κ1) is 12.6. The molecule has 19 heavy (non-hydrogen) atoms. The third-order valence-electron chi connectivity index (χ3n) is 3.14. The summed E-state index contributed by atoms with van der Waals surface area (Å²) in [6.07, 6.45) is 3.42. The first-order valence-corrected chi connectivity index (χ1v) is 7.21. The summed E-state index contributed by atoms with van der Waals surface area (Å²) < 4.78 is 16.6. The molecular weight excluding hydrogens is 308 g/mol. The van der Waals surface area contributed by atoms with Crippen LogP contribution in [0.3, 0.4) is 0 Å². The number of halogens is 1. The lowest BCUT2D eigenvalue weighted by atomic mass is 10.1. The van der Waals surface area contributed by atoms with Gasteiger partial charge in [0.2, 0.25) is 0 Å². The molecule has 0 amide bonds. The summed E-state index contributed by atoms with van der Waals surface area (Å²) in [6, 6.07) is 7.99. The number of benzene rings is 1. The molecule has 2 atom stereocenters. The molecule has 1 aromatic carbocycles. The minimum absolute atomic E-state index is 0.0980. The maximum Gasteiger partial charge on any atom is 0.161 e.